The Kier molecular flexibility index (Phi) is 7.81. The zero-order chi connectivity index (χ0) is 31.1. The predicted molar refractivity (Wildman–Crippen MR) is 164 cm³/mol. The number of carbonyl (C=O) groups is 1. The molecule has 11 nitrogen and oxygen atoms in total. The van der Waals surface area contributed by atoms with Crippen LogP contribution in [0.3, 0.4) is 0 Å². The van der Waals surface area contributed by atoms with Crippen LogP contribution in [0, 0.1) is 34.4 Å². The van der Waals surface area contributed by atoms with Crippen LogP contribution in [0.15, 0.2) is 37.1 Å². The van der Waals surface area contributed by atoms with Gasteiger partial charge in [0.05, 0.1) is 11.8 Å². The molecular formula is C33H38FN9O2. The number of aromatic nitrogens is 5. The molecule has 1 aromatic carbocycles. The Bertz CT molecular complexity index is 1610. The molecule has 12 heteroatoms. The summed E-state index contributed by atoms with van der Waals surface area (Å²) in [6, 6.07) is 7.03. The average molecular weight is 612 g/mol. The summed E-state index contributed by atoms with van der Waals surface area (Å²) >= 11 is 0. The third kappa shape index (κ3) is 5.93. The predicted octanol–water partition coefficient (Wildman–Crippen LogP) is 4.48. The second kappa shape index (κ2) is 11.9. The van der Waals surface area contributed by atoms with E-state index in [1.807, 2.05) is 6.07 Å². The summed E-state index contributed by atoms with van der Waals surface area (Å²) in [6.45, 7) is 8.28. The lowest BCUT2D eigenvalue weighted by atomic mass is 9.68. The molecule has 7 rings (SSSR count). The molecule has 0 unspecified atom stereocenters. The van der Waals surface area contributed by atoms with Crippen molar-refractivity contribution in [1.82, 2.24) is 35.4 Å². The van der Waals surface area contributed by atoms with E-state index in [9.17, 15) is 9.18 Å². The standard InChI is InChI=1S/C33H38FN9O2/c1-20(2)30(22-11-24(12-22)40-28(44)7-9-35)43-16-33(17-43)8-10-42(15-33)31-32(41-39-19-38-31)45-27-6-5-23(34)13-25(27)26-14-36-18-37-29(26)21-3-4-21/h5-6,13-14,18-22,24,30H,3-4,7-8,10-12,15-17H2,1-2H3,(H,40,44)/t22?,24?,30-/m1/s1. The van der Waals surface area contributed by atoms with Crippen molar-refractivity contribution in [3.8, 4) is 28.8 Å². The number of benzene rings is 1. The van der Waals surface area contributed by atoms with Crippen LogP contribution in [0.4, 0.5) is 10.2 Å². The first-order valence-electron chi connectivity index (χ1n) is 15.9. The number of nitrogens with one attached hydrogen (secondary N) is 1. The Morgan fingerprint density at radius 3 is 2.76 bits per heavy atom. The molecule has 45 heavy (non-hydrogen) atoms. The number of hydrogen-bond donors (Lipinski definition) is 1. The van der Waals surface area contributed by atoms with Gasteiger partial charge in [-0.25, -0.2) is 19.3 Å². The molecule has 1 spiro atoms. The molecule has 2 aliphatic heterocycles. The summed E-state index contributed by atoms with van der Waals surface area (Å²) in [5.74, 6) is 2.25. The normalized spacial score (nSPS) is 22.9. The lowest BCUT2D eigenvalue weighted by Gasteiger charge is -2.57. The molecule has 2 saturated heterocycles. The summed E-state index contributed by atoms with van der Waals surface area (Å²) in [4.78, 5) is 30.0. The van der Waals surface area contributed by atoms with Gasteiger partial charge >= 0.3 is 0 Å². The fourth-order valence-corrected chi connectivity index (χ4v) is 7.75. The first-order valence-corrected chi connectivity index (χ1v) is 15.9. The van der Waals surface area contributed by atoms with Crippen LogP contribution >= 0.6 is 0 Å². The Balaban J connectivity index is 1.03. The van der Waals surface area contributed by atoms with E-state index in [-0.39, 0.29) is 29.6 Å². The van der Waals surface area contributed by atoms with Crippen LogP contribution in [0.25, 0.3) is 11.1 Å². The maximum Gasteiger partial charge on any atom is 0.282 e. The SMILES string of the molecule is CC(C)[C@H](C1CC(NC(=O)CC#N)C1)N1CC2(CCN(c3ncnnc3Oc3ccc(F)cc3-c3cncnc3C3CC3)C2)C1. The zero-order valence-electron chi connectivity index (χ0n) is 25.7. The molecule has 0 radical (unpaired) electrons. The van der Waals surface area contributed by atoms with Gasteiger partial charge in [0, 0.05) is 66.9 Å². The van der Waals surface area contributed by atoms with Gasteiger partial charge in [-0.05, 0) is 62.1 Å². The number of ether oxygens (including phenoxy) is 1. The van der Waals surface area contributed by atoms with Crippen LogP contribution in [0.2, 0.25) is 0 Å². The van der Waals surface area contributed by atoms with Gasteiger partial charge < -0.3 is 15.0 Å². The first kappa shape index (κ1) is 29.5. The maximum atomic E-state index is 14.5. The van der Waals surface area contributed by atoms with Crippen LogP contribution < -0.4 is 15.0 Å². The fourth-order valence-electron chi connectivity index (χ4n) is 7.75. The Labute approximate surface area is 262 Å². The lowest BCUT2D eigenvalue weighted by molar-refractivity contribution is -0.122. The summed E-state index contributed by atoms with van der Waals surface area (Å²) < 4.78 is 20.9. The van der Waals surface area contributed by atoms with Crippen molar-refractivity contribution in [2.24, 2.45) is 17.3 Å². The quantitative estimate of drug-likeness (QED) is 0.350. The van der Waals surface area contributed by atoms with Gasteiger partial charge in [-0.15, -0.1) is 10.2 Å². The average Bonchev–Trinajstić information content (AvgIpc) is 3.75. The molecule has 4 heterocycles. The van der Waals surface area contributed by atoms with E-state index in [1.165, 1.54) is 24.8 Å². The number of rotatable bonds is 10. The van der Waals surface area contributed by atoms with Gasteiger partial charge in [-0.1, -0.05) is 13.8 Å². The summed E-state index contributed by atoms with van der Waals surface area (Å²) in [5.41, 5.74) is 2.44. The van der Waals surface area contributed by atoms with Crippen molar-refractivity contribution in [1.29, 1.82) is 5.26 Å². The van der Waals surface area contributed by atoms with Crippen molar-refractivity contribution in [3.63, 3.8) is 0 Å². The van der Waals surface area contributed by atoms with Gasteiger partial charge in [-0.3, -0.25) is 9.69 Å². The van der Waals surface area contributed by atoms with E-state index in [2.05, 4.69) is 54.1 Å². The largest absolute Gasteiger partial charge is 0.434 e. The summed E-state index contributed by atoms with van der Waals surface area (Å²) in [7, 11) is 0. The molecule has 1 N–H and O–H groups in total. The van der Waals surface area contributed by atoms with E-state index in [1.54, 1.807) is 12.3 Å². The van der Waals surface area contributed by atoms with Crippen LogP contribution in [0.5, 0.6) is 11.6 Å². The van der Waals surface area contributed by atoms with Crippen molar-refractivity contribution < 1.29 is 13.9 Å². The molecule has 2 aliphatic carbocycles. The molecular weight excluding hydrogens is 573 g/mol. The van der Waals surface area contributed by atoms with Crippen molar-refractivity contribution >= 4 is 11.7 Å². The van der Waals surface area contributed by atoms with Crippen LogP contribution in [-0.4, -0.2) is 74.2 Å². The number of hydrogen-bond acceptors (Lipinski definition) is 10. The molecule has 3 aromatic rings. The minimum atomic E-state index is -0.364. The van der Waals surface area contributed by atoms with E-state index < -0.39 is 0 Å². The van der Waals surface area contributed by atoms with Crippen molar-refractivity contribution in [2.45, 2.75) is 70.4 Å². The monoisotopic (exact) mass is 611 g/mol. The molecule has 1 amide bonds. The van der Waals surface area contributed by atoms with Crippen LogP contribution in [0.1, 0.15) is 64.0 Å². The second-order valence-corrected chi connectivity index (χ2v) is 13.6. The minimum absolute atomic E-state index is 0.0804. The number of halogens is 1. The number of carbonyl (C=O) groups excluding carboxylic acids is 1. The smallest absolute Gasteiger partial charge is 0.282 e. The van der Waals surface area contributed by atoms with Gasteiger partial charge in [0.25, 0.3) is 5.88 Å². The van der Waals surface area contributed by atoms with E-state index in [0.29, 0.717) is 46.8 Å². The lowest BCUT2D eigenvalue weighted by Crippen LogP contribution is -2.65. The van der Waals surface area contributed by atoms with Gasteiger partial charge in [0.2, 0.25) is 5.91 Å². The highest BCUT2D eigenvalue weighted by atomic mass is 19.1. The number of amides is 1. The summed E-state index contributed by atoms with van der Waals surface area (Å²) in [6.07, 6.45) is 9.72. The molecule has 4 aliphatic rings. The molecule has 2 aromatic heterocycles. The first-order chi connectivity index (χ1) is 21.8. The van der Waals surface area contributed by atoms with Crippen molar-refractivity contribution in [3.05, 3.63) is 48.6 Å². The number of nitriles is 1. The molecule has 4 fully saturated rings. The highest BCUT2D eigenvalue weighted by Crippen LogP contribution is 2.48. The van der Waals surface area contributed by atoms with E-state index in [4.69, 9.17) is 10.00 Å². The van der Waals surface area contributed by atoms with Gasteiger partial charge in [-0.2, -0.15) is 5.26 Å². The zero-order valence-corrected chi connectivity index (χ0v) is 25.7. The number of nitrogens with zero attached hydrogens (tertiary/aromatic N) is 8. The third-order valence-electron chi connectivity index (χ3n) is 9.90. The van der Waals surface area contributed by atoms with Crippen molar-refractivity contribution in [2.75, 3.05) is 31.1 Å². The summed E-state index contributed by atoms with van der Waals surface area (Å²) in [5, 5.41) is 20.1. The molecule has 2 saturated carbocycles. The van der Waals surface area contributed by atoms with E-state index >= 15 is 0 Å². The molecule has 0 bridgehead atoms. The molecule has 1 atom stereocenters. The fraction of sp³-hybridized carbons (Fsp3) is 0.545. The minimum Gasteiger partial charge on any atom is -0.434 e. The topological polar surface area (TPSA) is 133 Å². The third-order valence-corrected chi connectivity index (χ3v) is 9.90. The maximum absolute atomic E-state index is 14.5. The van der Waals surface area contributed by atoms with Gasteiger partial charge in [0.1, 0.15) is 30.6 Å². The Morgan fingerprint density at radius 1 is 1.18 bits per heavy atom. The highest BCUT2D eigenvalue weighted by molar-refractivity contribution is 5.78. The number of anilines is 1. The van der Waals surface area contributed by atoms with E-state index in [0.717, 1.165) is 69.5 Å². The highest BCUT2D eigenvalue weighted by Gasteiger charge is 2.53. The Morgan fingerprint density at radius 2 is 2.00 bits per heavy atom. The number of likely N-dealkylation sites (tertiary alicyclic amines) is 1. The molecule has 234 valence electrons. The Hall–Kier alpha value is -4.24. The van der Waals surface area contributed by atoms with Gasteiger partial charge in [0.15, 0.2) is 5.82 Å². The second-order valence-electron chi connectivity index (χ2n) is 13.6. The van der Waals surface area contributed by atoms with Crippen LogP contribution in [-0.2, 0) is 4.79 Å².